The lowest BCUT2D eigenvalue weighted by Gasteiger charge is -2.15. The molecule has 0 radical (unpaired) electrons. The topological polar surface area (TPSA) is 93.9 Å². The molecule has 11 heteroatoms. The van der Waals surface area contributed by atoms with Crippen molar-refractivity contribution in [3.8, 4) is 16.9 Å². The van der Waals surface area contributed by atoms with E-state index in [4.69, 9.17) is 39.4 Å². The van der Waals surface area contributed by atoms with E-state index in [-0.39, 0.29) is 36.9 Å². The number of likely N-dealkylation sites (N-methyl/N-ethyl adjacent to an activating group) is 1. The Bertz CT molecular complexity index is 871. The van der Waals surface area contributed by atoms with Gasteiger partial charge in [0.25, 0.3) is 5.91 Å². The molecule has 1 aromatic carbocycles. The molecule has 2 heterocycles. The summed E-state index contributed by atoms with van der Waals surface area (Å²) in [7, 11) is 2.04. The van der Waals surface area contributed by atoms with Crippen molar-refractivity contribution in [2.24, 2.45) is 16.5 Å². The maximum absolute atomic E-state index is 12.3. The number of hydrogen-bond donors (Lipinski definition) is 2. The molecular weight excluding hydrogens is 466 g/mol. The van der Waals surface area contributed by atoms with Crippen LogP contribution in [0.2, 0.25) is 8.67 Å². The third-order valence-corrected chi connectivity index (χ3v) is 5.49. The fourth-order valence-electron chi connectivity index (χ4n) is 2.85. The second-order valence-electron chi connectivity index (χ2n) is 6.12. The fraction of sp³-hybridized carbons (Fsp3) is 0.294. The first-order valence-electron chi connectivity index (χ1n) is 7.91. The summed E-state index contributed by atoms with van der Waals surface area (Å²) in [5.41, 5.74) is 12.4. The van der Waals surface area contributed by atoms with Gasteiger partial charge in [-0.1, -0.05) is 23.2 Å². The highest BCUT2D eigenvalue weighted by Gasteiger charge is 2.22. The maximum atomic E-state index is 12.3. The Morgan fingerprint density at radius 3 is 2.50 bits per heavy atom. The number of amides is 1. The zero-order valence-electron chi connectivity index (χ0n) is 14.9. The molecule has 0 saturated carbocycles. The zero-order valence-corrected chi connectivity index (χ0v) is 18.8. The highest BCUT2D eigenvalue weighted by molar-refractivity contribution is 7.20. The number of nitrogens with two attached hydrogens (primary N) is 2. The van der Waals surface area contributed by atoms with E-state index >= 15 is 0 Å². The van der Waals surface area contributed by atoms with E-state index < -0.39 is 5.91 Å². The third kappa shape index (κ3) is 6.14. The van der Waals surface area contributed by atoms with Gasteiger partial charge in [-0.05, 0) is 43.3 Å². The van der Waals surface area contributed by atoms with Gasteiger partial charge in [-0.2, -0.15) is 4.99 Å². The molecule has 1 aliphatic heterocycles. The molecule has 0 spiro atoms. The standard InChI is InChI=1S/C17H18Cl2N4O2S.2ClH/c1-23-3-2-11(8-23)25-12-5-9(13-7-14(18)26-15(13)19)4-10(6-12)16(24)22-17(20)21;;/h4-7,11H,2-3,8H2,1H3,(H4,20,21,22,24);2*1H. The van der Waals surface area contributed by atoms with Gasteiger partial charge in [-0.25, -0.2) is 0 Å². The van der Waals surface area contributed by atoms with Gasteiger partial charge >= 0.3 is 0 Å². The fourth-order valence-corrected chi connectivity index (χ4v) is 4.35. The van der Waals surface area contributed by atoms with E-state index in [1.807, 2.05) is 13.1 Å². The molecule has 1 aliphatic rings. The first-order valence-corrected chi connectivity index (χ1v) is 9.48. The van der Waals surface area contributed by atoms with Crippen LogP contribution in [0.15, 0.2) is 29.3 Å². The molecule has 1 unspecified atom stereocenters. The van der Waals surface area contributed by atoms with Gasteiger partial charge in [0.15, 0.2) is 5.96 Å². The van der Waals surface area contributed by atoms with E-state index in [0.717, 1.165) is 30.6 Å². The van der Waals surface area contributed by atoms with Crippen molar-refractivity contribution in [1.29, 1.82) is 0 Å². The average Bonchev–Trinajstić information content (AvgIpc) is 3.11. The Hall–Kier alpha value is -1.22. The van der Waals surface area contributed by atoms with Gasteiger partial charge < -0.3 is 21.1 Å². The number of carbonyl (C=O) groups excluding carboxylic acids is 1. The Balaban J connectivity index is 0.00000196. The predicted octanol–water partition coefficient (Wildman–Crippen LogP) is 4.06. The molecule has 4 N–H and O–H groups in total. The number of rotatable bonds is 4. The third-order valence-electron chi connectivity index (χ3n) is 4.00. The number of ether oxygens (including phenoxy) is 1. The van der Waals surface area contributed by atoms with Gasteiger partial charge in [-0.3, -0.25) is 4.79 Å². The van der Waals surface area contributed by atoms with Crippen LogP contribution in [0.1, 0.15) is 16.8 Å². The summed E-state index contributed by atoms with van der Waals surface area (Å²) >= 11 is 13.6. The number of aliphatic imine (C=N–C) groups is 1. The van der Waals surface area contributed by atoms with Crippen molar-refractivity contribution >= 4 is 71.2 Å². The molecule has 1 aromatic heterocycles. The van der Waals surface area contributed by atoms with Crippen LogP contribution in [-0.4, -0.2) is 43.0 Å². The second-order valence-corrected chi connectivity index (χ2v) is 8.40. The molecule has 0 aliphatic carbocycles. The lowest BCUT2D eigenvalue weighted by Crippen LogP contribution is -2.24. The molecule has 1 saturated heterocycles. The van der Waals surface area contributed by atoms with Crippen LogP contribution in [0.5, 0.6) is 5.75 Å². The lowest BCUT2D eigenvalue weighted by molar-refractivity contribution is 0.100. The monoisotopic (exact) mass is 484 g/mol. The number of hydrogen-bond acceptors (Lipinski definition) is 4. The minimum Gasteiger partial charge on any atom is -0.489 e. The van der Waals surface area contributed by atoms with Crippen molar-refractivity contribution in [3.05, 3.63) is 38.5 Å². The van der Waals surface area contributed by atoms with Crippen LogP contribution in [-0.2, 0) is 0 Å². The minimum absolute atomic E-state index is 0. The Morgan fingerprint density at radius 2 is 1.96 bits per heavy atom. The first kappa shape index (κ1) is 24.8. The van der Waals surface area contributed by atoms with Gasteiger partial charge in [0.2, 0.25) is 0 Å². The maximum Gasteiger partial charge on any atom is 0.280 e. The molecule has 3 rings (SSSR count). The summed E-state index contributed by atoms with van der Waals surface area (Å²) in [5.74, 6) is -0.273. The molecular formula is C17H20Cl4N4O2S. The van der Waals surface area contributed by atoms with Crippen LogP contribution < -0.4 is 16.2 Å². The molecule has 1 amide bonds. The number of thiophene rings is 1. The van der Waals surface area contributed by atoms with Crippen molar-refractivity contribution in [3.63, 3.8) is 0 Å². The summed E-state index contributed by atoms with van der Waals surface area (Å²) in [4.78, 5) is 18.1. The SMILES string of the molecule is CN1CCC(Oc2cc(C(=O)N=C(N)N)cc(-c3cc(Cl)sc3Cl)c2)C1.Cl.Cl. The highest BCUT2D eigenvalue weighted by Crippen LogP contribution is 2.39. The van der Waals surface area contributed by atoms with Crippen LogP contribution in [0.25, 0.3) is 11.1 Å². The number of benzene rings is 1. The van der Waals surface area contributed by atoms with Gasteiger partial charge in [0, 0.05) is 24.2 Å². The largest absolute Gasteiger partial charge is 0.489 e. The summed E-state index contributed by atoms with van der Waals surface area (Å²) in [6.45, 7) is 1.79. The van der Waals surface area contributed by atoms with Crippen molar-refractivity contribution in [2.75, 3.05) is 20.1 Å². The second kappa shape index (κ2) is 10.5. The van der Waals surface area contributed by atoms with E-state index in [1.54, 1.807) is 18.2 Å². The van der Waals surface area contributed by atoms with Crippen molar-refractivity contribution < 1.29 is 9.53 Å². The van der Waals surface area contributed by atoms with Gasteiger partial charge in [-0.15, -0.1) is 36.2 Å². The van der Waals surface area contributed by atoms with Crippen LogP contribution >= 0.6 is 59.4 Å². The van der Waals surface area contributed by atoms with Crippen LogP contribution in [0, 0.1) is 0 Å². The smallest absolute Gasteiger partial charge is 0.280 e. The first-order chi connectivity index (χ1) is 12.3. The number of likely N-dealkylation sites (tertiary alicyclic amines) is 1. The molecule has 1 atom stereocenters. The van der Waals surface area contributed by atoms with E-state index in [2.05, 4.69) is 9.89 Å². The quantitative estimate of drug-likeness (QED) is 0.503. The number of nitrogens with zero attached hydrogens (tertiary/aromatic N) is 2. The Kier molecular flexibility index (Phi) is 9.33. The molecule has 154 valence electrons. The van der Waals surface area contributed by atoms with Gasteiger partial charge in [0.1, 0.15) is 16.2 Å². The predicted molar refractivity (Wildman–Crippen MR) is 121 cm³/mol. The van der Waals surface area contributed by atoms with E-state index in [9.17, 15) is 4.79 Å². The lowest BCUT2D eigenvalue weighted by atomic mass is 10.0. The summed E-state index contributed by atoms with van der Waals surface area (Å²) < 4.78 is 7.17. The normalized spacial score (nSPS) is 16.0. The molecule has 28 heavy (non-hydrogen) atoms. The number of guanidine groups is 1. The Morgan fingerprint density at radius 1 is 1.25 bits per heavy atom. The van der Waals surface area contributed by atoms with Crippen LogP contribution in [0.4, 0.5) is 0 Å². The van der Waals surface area contributed by atoms with E-state index in [0.29, 0.717) is 20.0 Å². The number of halogens is 4. The van der Waals surface area contributed by atoms with Crippen molar-refractivity contribution in [1.82, 2.24) is 4.90 Å². The summed E-state index contributed by atoms with van der Waals surface area (Å²) in [6.07, 6.45) is 0.978. The summed E-state index contributed by atoms with van der Waals surface area (Å²) in [5, 5.41) is 0. The van der Waals surface area contributed by atoms with Gasteiger partial charge in [0.05, 0.1) is 4.34 Å². The highest BCUT2D eigenvalue weighted by atomic mass is 35.5. The molecule has 1 fully saturated rings. The minimum atomic E-state index is -0.544. The van der Waals surface area contributed by atoms with Crippen LogP contribution in [0.3, 0.4) is 0 Å². The van der Waals surface area contributed by atoms with Crippen molar-refractivity contribution in [2.45, 2.75) is 12.5 Å². The zero-order chi connectivity index (χ0) is 18.8. The molecule has 6 nitrogen and oxygen atoms in total. The number of carbonyl (C=O) groups is 1. The Labute approximate surface area is 189 Å². The average molecular weight is 486 g/mol. The molecule has 0 bridgehead atoms. The summed E-state index contributed by atoms with van der Waals surface area (Å²) in [6, 6.07) is 6.91. The molecule has 2 aromatic rings. The van der Waals surface area contributed by atoms with E-state index in [1.165, 1.54) is 11.3 Å².